The second kappa shape index (κ2) is 8.17. The average molecular weight is 205 g/mol. The van der Waals surface area contributed by atoms with Gasteiger partial charge in [0.25, 0.3) is 0 Å². The summed E-state index contributed by atoms with van der Waals surface area (Å²) in [6.07, 6.45) is 0. The van der Waals surface area contributed by atoms with Crippen molar-refractivity contribution in [1.29, 1.82) is 0 Å². The fraction of sp³-hybridized carbons (Fsp3) is 0.900. The van der Waals surface area contributed by atoms with E-state index in [9.17, 15) is 0 Å². The fourth-order valence-electron chi connectivity index (χ4n) is 1.02. The Morgan fingerprint density at radius 1 is 0.786 bits per heavy atom. The van der Waals surface area contributed by atoms with Gasteiger partial charge in [0.1, 0.15) is 0 Å². The zero-order valence-corrected chi connectivity index (χ0v) is 9.54. The van der Waals surface area contributed by atoms with Crippen LogP contribution in [0.1, 0.15) is 27.7 Å². The largest absolute Gasteiger partial charge is 0.367 e. The second-order valence-corrected chi connectivity index (χ2v) is 2.48. The molecular formula is C10H21O4. The van der Waals surface area contributed by atoms with E-state index < -0.39 is 5.97 Å². The van der Waals surface area contributed by atoms with Crippen LogP contribution < -0.4 is 0 Å². The molecule has 85 valence electrons. The molecule has 0 bridgehead atoms. The van der Waals surface area contributed by atoms with Crippen LogP contribution in [0.4, 0.5) is 0 Å². The Labute approximate surface area is 86.5 Å². The maximum Gasteiger partial charge on any atom is 0.313 e. The van der Waals surface area contributed by atoms with Crippen LogP contribution in [0.15, 0.2) is 0 Å². The first kappa shape index (κ1) is 13.8. The van der Waals surface area contributed by atoms with Gasteiger partial charge in [0.15, 0.2) is 6.61 Å². The molecule has 14 heavy (non-hydrogen) atoms. The molecule has 0 rings (SSSR count). The van der Waals surface area contributed by atoms with Crippen LogP contribution in [-0.2, 0) is 18.9 Å². The van der Waals surface area contributed by atoms with E-state index >= 15 is 0 Å². The summed E-state index contributed by atoms with van der Waals surface area (Å²) in [7, 11) is 0. The summed E-state index contributed by atoms with van der Waals surface area (Å²) in [5.41, 5.74) is 0. The molecule has 0 fully saturated rings. The molecule has 0 unspecified atom stereocenters. The van der Waals surface area contributed by atoms with Gasteiger partial charge in [0.05, 0.1) is 0 Å². The molecule has 1 radical (unpaired) electrons. The summed E-state index contributed by atoms with van der Waals surface area (Å²) in [6.45, 7) is 11.1. The van der Waals surface area contributed by atoms with Crippen LogP contribution >= 0.6 is 0 Å². The van der Waals surface area contributed by atoms with Gasteiger partial charge >= 0.3 is 5.97 Å². The fourth-order valence-corrected chi connectivity index (χ4v) is 1.02. The van der Waals surface area contributed by atoms with E-state index in [0.29, 0.717) is 26.4 Å². The van der Waals surface area contributed by atoms with Crippen molar-refractivity contribution in [2.75, 3.05) is 26.4 Å². The van der Waals surface area contributed by atoms with E-state index in [0.717, 1.165) is 0 Å². The first-order chi connectivity index (χ1) is 6.74. The van der Waals surface area contributed by atoms with Crippen molar-refractivity contribution in [3.05, 3.63) is 6.61 Å². The van der Waals surface area contributed by atoms with E-state index in [2.05, 4.69) is 0 Å². The highest BCUT2D eigenvalue weighted by Crippen LogP contribution is 2.19. The lowest BCUT2D eigenvalue weighted by molar-refractivity contribution is -0.371. The summed E-state index contributed by atoms with van der Waals surface area (Å²) in [6, 6.07) is 0. The van der Waals surface area contributed by atoms with Gasteiger partial charge in [-0.2, -0.15) is 0 Å². The minimum absolute atomic E-state index is 0.504. The monoisotopic (exact) mass is 205 g/mol. The van der Waals surface area contributed by atoms with Crippen molar-refractivity contribution < 1.29 is 18.9 Å². The van der Waals surface area contributed by atoms with Crippen molar-refractivity contribution in [1.82, 2.24) is 0 Å². The molecule has 0 aliphatic rings. The lowest BCUT2D eigenvalue weighted by Crippen LogP contribution is -2.40. The van der Waals surface area contributed by atoms with Crippen molar-refractivity contribution in [2.45, 2.75) is 33.7 Å². The minimum Gasteiger partial charge on any atom is -0.367 e. The molecule has 0 amide bonds. The standard InChI is InChI=1S/C10H21O4/c1-5-11-9-10(12-6-2,13-7-3)14-8-4/h9H,5-8H2,1-4H3. The Hall–Kier alpha value is -0.160. The van der Waals surface area contributed by atoms with Crippen LogP contribution in [0.5, 0.6) is 0 Å². The Morgan fingerprint density at radius 2 is 1.21 bits per heavy atom. The van der Waals surface area contributed by atoms with E-state index in [1.165, 1.54) is 6.61 Å². The number of ether oxygens (including phenoxy) is 4. The summed E-state index contributed by atoms with van der Waals surface area (Å²) in [4.78, 5) is 0. The predicted octanol–water partition coefficient (Wildman–Crippen LogP) is 1.95. The Bertz CT molecular complexity index is 110. The van der Waals surface area contributed by atoms with Crippen molar-refractivity contribution >= 4 is 0 Å². The van der Waals surface area contributed by atoms with Crippen molar-refractivity contribution in [2.24, 2.45) is 0 Å². The zero-order valence-electron chi connectivity index (χ0n) is 9.54. The molecule has 4 nitrogen and oxygen atoms in total. The molecule has 0 aliphatic carbocycles. The lowest BCUT2D eigenvalue weighted by Gasteiger charge is -2.31. The van der Waals surface area contributed by atoms with Crippen LogP contribution in [0.3, 0.4) is 0 Å². The molecule has 0 aliphatic heterocycles. The number of hydrogen-bond donors (Lipinski definition) is 0. The molecule has 0 atom stereocenters. The topological polar surface area (TPSA) is 36.9 Å². The van der Waals surface area contributed by atoms with E-state index in [-0.39, 0.29) is 0 Å². The Balaban J connectivity index is 4.21. The molecule has 0 aromatic carbocycles. The van der Waals surface area contributed by atoms with Gasteiger partial charge in [-0.3, -0.25) is 0 Å². The molecule has 4 heteroatoms. The summed E-state index contributed by atoms with van der Waals surface area (Å²) in [5, 5.41) is 0. The maximum absolute atomic E-state index is 5.39. The third-order valence-corrected chi connectivity index (χ3v) is 1.43. The van der Waals surface area contributed by atoms with Gasteiger partial charge in [-0.1, -0.05) is 0 Å². The van der Waals surface area contributed by atoms with Gasteiger partial charge in [-0.15, -0.1) is 0 Å². The predicted molar refractivity (Wildman–Crippen MR) is 53.5 cm³/mol. The zero-order chi connectivity index (χ0) is 10.9. The molecular weight excluding hydrogens is 184 g/mol. The lowest BCUT2D eigenvalue weighted by atomic mass is 10.5. The number of rotatable bonds is 9. The highest BCUT2D eigenvalue weighted by atomic mass is 16.9. The molecule has 0 saturated carbocycles. The summed E-state index contributed by atoms with van der Waals surface area (Å²) >= 11 is 0. The maximum atomic E-state index is 5.39. The molecule has 0 saturated heterocycles. The highest BCUT2D eigenvalue weighted by Gasteiger charge is 2.33. The Morgan fingerprint density at radius 3 is 1.50 bits per heavy atom. The van der Waals surface area contributed by atoms with Crippen LogP contribution in [0.2, 0.25) is 0 Å². The molecule has 0 N–H and O–H groups in total. The van der Waals surface area contributed by atoms with Gasteiger partial charge < -0.3 is 18.9 Å². The first-order valence-corrected chi connectivity index (χ1v) is 5.12. The van der Waals surface area contributed by atoms with E-state index in [1.54, 1.807) is 0 Å². The van der Waals surface area contributed by atoms with Crippen molar-refractivity contribution in [3.63, 3.8) is 0 Å². The van der Waals surface area contributed by atoms with Crippen molar-refractivity contribution in [3.8, 4) is 0 Å². The average Bonchev–Trinajstić information content (AvgIpc) is 2.16. The molecule has 0 spiro atoms. The second-order valence-electron chi connectivity index (χ2n) is 2.48. The first-order valence-electron chi connectivity index (χ1n) is 5.12. The van der Waals surface area contributed by atoms with Gasteiger partial charge in [0.2, 0.25) is 0 Å². The summed E-state index contributed by atoms with van der Waals surface area (Å²) < 4.78 is 21.3. The van der Waals surface area contributed by atoms with Crippen LogP contribution in [0, 0.1) is 6.61 Å². The van der Waals surface area contributed by atoms with Gasteiger partial charge in [0, 0.05) is 26.4 Å². The minimum atomic E-state index is -1.14. The molecule has 0 aromatic heterocycles. The summed E-state index contributed by atoms with van der Waals surface area (Å²) in [5.74, 6) is -1.14. The highest BCUT2D eigenvalue weighted by molar-refractivity contribution is 4.68. The third kappa shape index (κ3) is 4.91. The Kier molecular flexibility index (Phi) is 8.08. The molecule has 0 heterocycles. The van der Waals surface area contributed by atoms with Crippen LogP contribution in [-0.4, -0.2) is 32.4 Å². The molecule has 0 aromatic rings. The van der Waals surface area contributed by atoms with E-state index in [4.69, 9.17) is 18.9 Å². The van der Waals surface area contributed by atoms with Gasteiger partial charge in [-0.05, 0) is 27.7 Å². The smallest absolute Gasteiger partial charge is 0.313 e. The van der Waals surface area contributed by atoms with Crippen LogP contribution in [0.25, 0.3) is 0 Å². The SMILES string of the molecule is CCO[CH]C(OCC)(OCC)OCC. The quantitative estimate of drug-likeness (QED) is 0.539. The third-order valence-electron chi connectivity index (χ3n) is 1.43. The van der Waals surface area contributed by atoms with E-state index in [1.807, 2.05) is 27.7 Å². The normalized spacial score (nSPS) is 12.0. The van der Waals surface area contributed by atoms with Gasteiger partial charge in [-0.25, -0.2) is 0 Å². The number of hydrogen-bond acceptors (Lipinski definition) is 4.